The predicted octanol–water partition coefficient (Wildman–Crippen LogP) is 1.62. The SMILES string of the molecule is CC(C)C1CN(C(=O)C2CCOC2)CCS1. The van der Waals surface area contributed by atoms with Crippen molar-refractivity contribution in [2.24, 2.45) is 11.8 Å². The summed E-state index contributed by atoms with van der Waals surface area (Å²) in [6.07, 6.45) is 0.912. The predicted molar refractivity (Wildman–Crippen MR) is 66.6 cm³/mol. The van der Waals surface area contributed by atoms with E-state index in [0.29, 0.717) is 23.7 Å². The number of rotatable bonds is 2. The van der Waals surface area contributed by atoms with Crippen LogP contribution in [0.5, 0.6) is 0 Å². The zero-order valence-electron chi connectivity index (χ0n) is 10.1. The van der Waals surface area contributed by atoms with Gasteiger partial charge in [0.05, 0.1) is 12.5 Å². The molecule has 0 radical (unpaired) electrons. The zero-order chi connectivity index (χ0) is 11.5. The molecule has 1 amide bonds. The third-order valence-corrected chi connectivity index (χ3v) is 4.97. The molecule has 0 N–H and O–H groups in total. The Bertz CT molecular complexity index is 251. The Morgan fingerprint density at radius 2 is 2.31 bits per heavy atom. The first-order valence-corrected chi connectivity index (χ1v) is 7.21. The Labute approximate surface area is 102 Å². The van der Waals surface area contributed by atoms with Gasteiger partial charge in [0.25, 0.3) is 0 Å². The molecule has 4 heteroatoms. The maximum atomic E-state index is 12.2. The van der Waals surface area contributed by atoms with Gasteiger partial charge in [-0.3, -0.25) is 4.79 Å². The number of thioether (sulfide) groups is 1. The zero-order valence-corrected chi connectivity index (χ0v) is 11.0. The molecule has 0 aromatic heterocycles. The summed E-state index contributed by atoms with van der Waals surface area (Å²) in [4.78, 5) is 14.3. The Morgan fingerprint density at radius 1 is 1.50 bits per heavy atom. The molecule has 2 fully saturated rings. The minimum absolute atomic E-state index is 0.135. The lowest BCUT2D eigenvalue weighted by atomic mass is 10.1. The molecule has 0 aromatic carbocycles. The van der Waals surface area contributed by atoms with E-state index in [4.69, 9.17) is 4.74 Å². The van der Waals surface area contributed by atoms with Gasteiger partial charge in [0.2, 0.25) is 5.91 Å². The molecule has 0 spiro atoms. The molecule has 2 saturated heterocycles. The summed E-state index contributed by atoms with van der Waals surface area (Å²) < 4.78 is 5.29. The van der Waals surface area contributed by atoms with Crippen LogP contribution in [0.1, 0.15) is 20.3 Å². The lowest BCUT2D eigenvalue weighted by Crippen LogP contribution is -2.46. The normalized spacial score (nSPS) is 31.1. The van der Waals surface area contributed by atoms with Crippen LogP contribution >= 0.6 is 11.8 Å². The Hall–Kier alpha value is -0.220. The smallest absolute Gasteiger partial charge is 0.228 e. The van der Waals surface area contributed by atoms with E-state index in [1.807, 2.05) is 11.8 Å². The van der Waals surface area contributed by atoms with Gasteiger partial charge in [0, 0.05) is 30.7 Å². The summed E-state index contributed by atoms with van der Waals surface area (Å²) in [5.41, 5.74) is 0. The largest absolute Gasteiger partial charge is 0.381 e. The second-order valence-corrected chi connectivity index (χ2v) is 6.35. The standard InChI is InChI=1S/C12H21NO2S/c1-9(2)11-7-13(4-6-16-11)12(14)10-3-5-15-8-10/h9-11H,3-8H2,1-2H3. The molecular formula is C12H21NO2S. The Kier molecular flexibility index (Phi) is 4.14. The van der Waals surface area contributed by atoms with E-state index in [0.717, 1.165) is 31.9 Å². The van der Waals surface area contributed by atoms with Gasteiger partial charge in [-0.15, -0.1) is 0 Å². The van der Waals surface area contributed by atoms with Crippen molar-refractivity contribution in [2.45, 2.75) is 25.5 Å². The fraction of sp³-hybridized carbons (Fsp3) is 0.917. The summed E-state index contributed by atoms with van der Waals surface area (Å²) in [5, 5.41) is 0.611. The minimum atomic E-state index is 0.135. The fourth-order valence-corrected chi connectivity index (χ4v) is 3.57. The number of ether oxygens (including phenoxy) is 1. The van der Waals surface area contributed by atoms with Crippen LogP contribution < -0.4 is 0 Å². The molecule has 0 saturated carbocycles. The monoisotopic (exact) mass is 243 g/mol. The highest BCUT2D eigenvalue weighted by Crippen LogP contribution is 2.26. The fourth-order valence-electron chi connectivity index (χ4n) is 2.27. The molecule has 2 atom stereocenters. The van der Waals surface area contributed by atoms with Crippen LogP contribution in [0.25, 0.3) is 0 Å². The summed E-state index contributed by atoms with van der Waals surface area (Å²) in [7, 11) is 0. The molecule has 0 aliphatic carbocycles. The van der Waals surface area contributed by atoms with Crippen molar-refractivity contribution < 1.29 is 9.53 Å². The number of carbonyl (C=O) groups is 1. The van der Waals surface area contributed by atoms with Crippen LogP contribution in [-0.4, -0.2) is 48.1 Å². The van der Waals surface area contributed by atoms with Crippen LogP contribution in [0.3, 0.4) is 0 Å². The van der Waals surface area contributed by atoms with Crippen molar-refractivity contribution in [3.05, 3.63) is 0 Å². The van der Waals surface area contributed by atoms with Crippen LogP contribution in [0.4, 0.5) is 0 Å². The first-order valence-electron chi connectivity index (χ1n) is 6.16. The van der Waals surface area contributed by atoms with Crippen molar-refractivity contribution in [3.8, 4) is 0 Å². The molecule has 2 heterocycles. The lowest BCUT2D eigenvalue weighted by molar-refractivity contribution is -0.135. The van der Waals surface area contributed by atoms with Gasteiger partial charge in [-0.25, -0.2) is 0 Å². The third-order valence-electron chi connectivity index (χ3n) is 3.43. The number of hydrogen-bond donors (Lipinski definition) is 0. The Balaban J connectivity index is 1.90. The second-order valence-electron chi connectivity index (χ2n) is 5.00. The van der Waals surface area contributed by atoms with Gasteiger partial charge in [-0.1, -0.05) is 13.8 Å². The molecule has 2 aliphatic rings. The second kappa shape index (κ2) is 5.41. The van der Waals surface area contributed by atoms with Crippen LogP contribution in [-0.2, 0) is 9.53 Å². The topological polar surface area (TPSA) is 29.5 Å². The maximum absolute atomic E-state index is 12.2. The molecule has 0 bridgehead atoms. The van der Waals surface area contributed by atoms with E-state index < -0.39 is 0 Å². The number of amides is 1. The van der Waals surface area contributed by atoms with Gasteiger partial charge >= 0.3 is 0 Å². The molecule has 16 heavy (non-hydrogen) atoms. The van der Waals surface area contributed by atoms with E-state index in [1.54, 1.807) is 0 Å². The van der Waals surface area contributed by atoms with Gasteiger partial charge in [-0.05, 0) is 12.3 Å². The van der Waals surface area contributed by atoms with Gasteiger partial charge in [0.1, 0.15) is 0 Å². The average molecular weight is 243 g/mol. The van der Waals surface area contributed by atoms with Crippen LogP contribution in [0.15, 0.2) is 0 Å². The third kappa shape index (κ3) is 2.72. The maximum Gasteiger partial charge on any atom is 0.228 e. The highest BCUT2D eigenvalue weighted by atomic mass is 32.2. The molecule has 92 valence electrons. The molecule has 2 rings (SSSR count). The van der Waals surface area contributed by atoms with Crippen LogP contribution in [0.2, 0.25) is 0 Å². The van der Waals surface area contributed by atoms with Gasteiger partial charge < -0.3 is 9.64 Å². The van der Waals surface area contributed by atoms with E-state index in [9.17, 15) is 4.79 Å². The Morgan fingerprint density at radius 3 is 2.94 bits per heavy atom. The first kappa shape index (κ1) is 12.2. The molecule has 3 nitrogen and oxygen atoms in total. The van der Waals surface area contributed by atoms with Crippen molar-refractivity contribution in [1.82, 2.24) is 4.90 Å². The first-order chi connectivity index (χ1) is 7.68. The molecular weight excluding hydrogens is 222 g/mol. The van der Waals surface area contributed by atoms with E-state index in [-0.39, 0.29) is 5.92 Å². The van der Waals surface area contributed by atoms with Crippen molar-refractivity contribution >= 4 is 17.7 Å². The van der Waals surface area contributed by atoms with E-state index in [1.165, 1.54) is 0 Å². The highest BCUT2D eigenvalue weighted by molar-refractivity contribution is 8.00. The van der Waals surface area contributed by atoms with E-state index in [2.05, 4.69) is 18.7 Å². The number of hydrogen-bond acceptors (Lipinski definition) is 3. The average Bonchev–Trinajstić information content (AvgIpc) is 2.81. The molecule has 2 aliphatic heterocycles. The minimum Gasteiger partial charge on any atom is -0.381 e. The van der Waals surface area contributed by atoms with Crippen LogP contribution in [0, 0.1) is 11.8 Å². The summed E-state index contributed by atoms with van der Waals surface area (Å²) in [6.45, 7) is 7.72. The highest BCUT2D eigenvalue weighted by Gasteiger charge is 2.32. The quantitative estimate of drug-likeness (QED) is 0.738. The van der Waals surface area contributed by atoms with E-state index >= 15 is 0 Å². The summed E-state index contributed by atoms with van der Waals surface area (Å²) >= 11 is 2.01. The summed E-state index contributed by atoms with van der Waals surface area (Å²) in [6, 6.07) is 0. The van der Waals surface area contributed by atoms with Crippen molar-refractivity contribution in [2.75, 3.05) is 32.1 Å². The van der Waals surface area contributed by atoms with Crippen molar-refractivity contribution in [1.29, 1.82) is 0 Å². The molecule has 0 aromatic rings. The van der Waals surface area contributed by atoms with Gasteiger partial charge in [0.15, 0.2) is 0 Å². The van der Waals surface area contributed by atoms with Crippen molar-refractivity contribution in [3.63, 3.8) is 0 Å². The summed E-state index contributed by atoms with van der Waals surface area (Å²) in [5.74, 6) is 2.20. The molecule has 2 unspecified atom stereocenters. The number of nitrogens with zero attached hydrogens (tertiary/aromatic N) is 1. The van der Waals surface area contributed by atoms with Gasteiger partial charge in [-0.2, -0.15) is 11.8 Å². The lowest BCUT2D eigenvalue weighted by Gasteiger charge is -2.35. The number of carbonyl (C=O) groups excluding carboxylic acids is 1.